The summed E-state index contributed by atoms with van der Waals surface area (Å²) in [6.07, 6.45) is 0.227. The maximum absolute atomic E-state index is 13.0. The average Bonchev–Trinajstić information content (AvgIpc) is 3.14. The van der Waals surface area contributed by atoms with Gasteiger partial charge in [-0.2, -0.15) is 0 Å². The van der Waals surface area contributed by atoms with E-state index in [0.29, 0.717) is 25.9 Å². The first-order valence-electron chi connectivity index (χ1n) is 11.5. The number of carboxylic acid groups (broad SMARTS) is 1. The summed E-state index contributed by atoms with van der Waals surface area (Å²) in [5.74, 6) is -1.63. The first-order chi connectivity index (χ1) is 15.9. The van der Waals surface area contributed by atoms with Crippen LogP contribution in [0.3, 0.4) is 0 Å². The van der Waals surface area contributed by atoms with Crippen molar-refractivity contribution in [1.29, 1.82) is 0 Å². The van der Waals surface area contributed by atoms with Gasteiger partial charge < -0.3 is 20.1 Å². The number of hydrogen-bond donors (Lipinski definition) is 2. The molecule has 0 saturated carbocycles. The van der Waals surface area contributed by atoms with Crippen molar-refractivity contribution in [2.75, 3.05) is 19.7 Å². The SMILES string of the molecule is CCC(NC(=O)OCC1c2ccccc2-c2ccccc21)C(=O)N1CCC(C(=O)O)C(C)C1. The van der Waals surface area contributed by atoms with Crippen LogP contribution in [-0.2, 0) is 14.3 Å². The molecule has 3 unspecified atom stereocenters. The molecule has 2 aromatic rings. The summed E-state index contributed by atoms with van der Waals surface area (Å²) in [6.45, 7) is 4.62. The third-order valence-electron chi connectivity index (χ3n) is 6.88. The molecule has 0 bridgehead atoms. The van der Waals surface area contributed by atoms with E-state index in [9.17, 15) is 19.5 Å². The Bertz CT molecular complexity index is 1010. The van der Waals surface area contributed by atoms with Crippen LogP contribution in [0.5, 0.6) is 0 Å². The Kier molecular flexibility index (Phi) is 6.67. The highest BCUT2D eigenvalue weighted by Gasteiger charge is 2.35. The molecule has 1 heterocycles. The van der Waals surface area contributed by atoms with Crippen LogP contribution in [0, 0.1) is 11.8 Å². The monoisotopic (exact) mass is 450 g/mol. The number of carbonyl (C=O) groups excluding carboxylic acids is 2. The van der Waals surface area contributed by atoms with E-state index in [1.54, 1.807) is 4.90 Å². The van der Waals surface area contributed by atoms with Crippen molar-refractivity contribution in [1.82, 2.24) is 10.2 Å². The van der Waals surface area contributed by atoms with Crippen molar-refractivity contribution in [2.45, 2.75) is 38.6 Å². The van der Waals surface area contributed by atoms with Crippen molar-refractivity contribution in [2.24, 2.45) is 11.8 Å². The number of aliphatic carboxylic acids is 1. The largest absolute Gasteiger partial charge is 0.481 e. The Morgan fingerprint density at radius 2 is 1.70 bits per heavy atom. The lowest BCUT2D eigenvalue weighted by atomic mass is 9.86. The molecule has 7 heteroatoms. The minimum absolute atomic E-state index is 0.0465. The summed E-state index contributed by atoms with van der Waals surface area (Å²) in [7, 11) is 0. The molecule has 174 valence electrons. The van der Waals surface area contributed by atoms with Gasteiger partial charge >= 0.3 is 12.1 Å². The Balaban J connectivity index is 1.36. The van der Waals surface area contributed by atoms with Crippen molar-refractivity contribution in [3.63, 3.8) is 0 Å². The number of nitrogens with one attached hydrogen (secondary N) is 1. The number of alkyl carbamates (subject to hydrolysis) is 1. The van der Waals surface area contributed by atoms with Gasteiger partial charge in [0.05, 0.1) is 5.92 Å². The van der Waals surface area contributed by atoms with Gasteiger partial charge in [0.15, 0.2) is 0 Å². The number of likely N-dealkylation sites (tertiary alicyclic amines) is 1. The highest BCUT2D eigenvalue weighted by molar-refractivity contribution is 5.86. The number of benzene rings is 2. The van der Waals surface area contributed by atoms with E-state index >= 15 is 0 Å². The fourth-order valence-electron chi connectivity index (χ4n) is 5.05. The molecular formula is C26H30N2O5. The second-order valence-corrected chi connectivity index (χ2v) is 8.93. The van der Waals surface area contributed by atoms with E-state index in [-0.39, 0.29) is 24.3 Å². The summed E-state index contributed by atoms with van der Waals surface area (Å²) in [5.41, 5.74) is 4.57. The summed E-state index contributed by atoms with van der Waals surface area (Å²) < 4.78 is 5.58. The molecule has 1 fully saturated rings. The maximum Gasteiger partial charge on any atom is 0.407 e. The molecule has 1 saturated heterocycles. The van der Waals surface area contributed by atoms with Crippen LogP contribution in [0.4, 0.5) is 4.79 Å². The molecule has 2 aliphatic rings. The number of rotatable bonds is 6. The zero-order valence-corrected chi connectivity index (χ0v) is 19.0. The lowest BCUT2D eigenvalue weighted by Gasteiger charge is -2.36. The fraction of sp³-hybridized carbons (Fsp3) is 0.423. The van der Waals surface area contributed by atoms with E-state index < -0.39 is 24.0 Å². The third kappa shape index (κ3) is 4.58. The summed E-state index contributed by atoms with van der Waals surface area (Å²) in [6, 6.07) is 15.5. The molecule has 0 radical (unpaired) electrons. The molecular weight excluding hydrogens is 420 g/mol. The van der Waals surface area contributed by atoms with Crippen LogP contribution in [0.2, 0.25) is 0 Å². The van der Waals surface area contributed by atoms with Crippen molar-refractivity contribution < 1.29 is 24.2 Å². The predicted molar refractivity (Wildman–Crippen MR) is 124 cm³/mol. The molecule has 1 aliphatic heterocycles. The lowest BCUT2D eigenvalue weighted by Crippen LogP contribution is -2.53. The van der Waals surface area contributed by atoms with E-state index in [1.807, 2.05) is 38.1 Å². The third-order valence-corrected chi connectivity index (χ3v) is 6.88. The van der Waals surface area contributed by atoms with Gasteiger partial charge in [-0.25, -0.2) is 4.79 Å². The average molecular weight is 451 g/mol. The predicted octanol–water partition coefficient (Wildman–Crippen LogP) is 3.87. The molecule has 7 nitrogen and oxygen atoms in total. The first-order valence-corrected chi connectivity index (χ1v) is 11.5. The zero-order valence-electron chi connectivity index (χ0n) is 19.0. The molecule has 3 atom stereocenters. The van der Waals surface area contributed by atoms with Crippen molar-refractivity contribution in [3.8, 4) is 11.1 Å². The topological polar surface area (TPSA) is 95.9 Å². The van der Waals surface area contributed by atoms with E-state index in [0.717, 1.165) is 22.3 Å². The van der Waals surface area contributed by atoms with Gasteiger partial charge in [0.1, 0.15) is 12.6 Å². The minimum atomic E-state index is -0.821. The van der Waals surface area contributed by atoms with Gasteiger partial charge in [-0.05, 0) is 41.0 Å². The number of nitrogens with zero attached hydrogens (tertiary/aromatic N) is 1. The number of piperidine rings is 1. The quantitative estimate of drug-likeness (QED) is 0.697. The van der Waals surface area contributed by atoms with Gasteiger partial charge in [-0.15, -0.1) is 0 Å². The molecule has 2 aromatic carbocycles. The zero-order chi connectivity index (χ0) is 23.5. The number of carbonyl (C=O) groups is 3. The first kappa shape index (κ1) is 22.8. The van der Waals surface area contributed by atoms with Crippen LogP contribution in [0.1, 0.15) is 43.7 Å². The Labute approximate surface area is 193 Å². The highest BCUT2D eigenvalue weighted by Crippen LogP contribution is 2.44. The molecule has 4 rings (SSSR count). The normalized spacial score (nSPS) is 20.5. The summed E-state index contributed by atoms with van der Waals surface area (Å²) >= 11 is 0. The van der Waals surface area contributed by atoms with Gasteiger partial charge in [0.25, 0.3) is 0 Å². The highest BCUT2D eigenvalue weighted by atomic mass is 16.5. The molecule has 0 aromatic heterocycles. The van der Waals surface area contributed by atoms with E-state index in [2.05, 4.69) is 29.6 Å². The van der Waals surface area contributed by atoms with Crippen LogP contribution in [0.25, 0.3) is 11.1 Å². The molecule has 0 spiro atoms. The molecule has 33 heavy (non-hydrogen) atoms. The van der Waals surface area contributed by atoms with Crippen molar-refractivity contribution in [3.05, 3.63) is 59.7 Å². The van der Waals surface area contributed by atoms with E-state index in [1.165, 1.54) is 0 Å². The Hall–Kier alpha value is -3.35. The second-order valence-electron chi connectivity index (χ2n) is 8.93. The van der Waals surface area contributed by atoms with Gasteiger partial charge in [0, 0.05) is 19.0 Å². The van der Waals surface area contributed by atoms with Gasteiger partial charge in [-0.3, -0.25) is 9.59 Å². The number of hydrogen-bond acceptors (Lipinski definition) is 4. The lowest BCUT2D eigenvalue weighted by molar-refractivity contribution is -0.148. The van der Waals surface area contributed by atoms with Crippen molar-refractivity contribution >= 4 is 18.0 Å². The number of fused-ring (bicyclic) bond motifs is 3. The number of ether oxygens (including phenoxy) is 1. The molecule has 2 N–H and O–H groups in total. The van der Waals surface area contributed by atoms with Crippen LogP contribution < -0.4 is 5.32 Å². The summed E-state index contributed by atoms with van der Waals surface area (Å²) in [5, 5.41) is 12.0. The standard InChI is InChI=1S/C26H30N2O5/c1-3-23(24(29)28-13-12-17(25(30)31)16(2)14-28)27-26(32)33-15-22-20-10-6-4-8-18(20)19-9-5-7-11-21(19)22/h4-11,16-17,22-23H,3,12-15H2,1-2H3,(H,27,32)(H,30,31). The van der Waals surface area contributed by atoms with E-state index in [4.69, 9.17) is 4.74 Å². The Morgan fingerprint density at radius 3 is 2.24 bits per heavy atom. The maximum atomic E-state index is 13.0. The van der Waals surface area contributed by atoms with Gasteiger partial charge in [-0.1, -0.05) is 62.4 Å². The van der Waals surface area contributed by atoms with Crippen LogP contribution in [-0.4, -0.2) is 53.7 Å². The molecule has 2 amide bonds. The van der Waals surface area contributed by atoms with Gasteiger partial charge in [0.2, 0.25) is 5.91 Å². The smallest absolute Gasteiger partial charge is 0.407 e. The minimum Gasteiger partial charge on any atom is -0.481 e. The molecule has 1 aliphatic carbocycles. The Morgan fingerprint density at radius 1 is 1.09 bits per heavy atom. The number of carboxylic acids is 1. The fourth-order valence-corrected chi connectivity index (χ4v) is 5.05. The van der Waals surface area contributed by atoms with Crippen LogP contribution >= 0.6 is 0 Å². The summed E-state index contributed by atoms with van der Waals surface area (Å²) in [4.78, 5) is 38.6. The number of amides is 2. The van der Waals surface area contributed by atoms with Crippen LogP contribution in [0.15, 0.2) is 48.5 Å². The second kappa shape index (κ2) is 9.65.